The predicted octanol–water partition coefficient (Wildman–Crippen LogP) is 3.27. The van der Waals surface area contributed by atoms with Crippen molar-refractivity contribution in [3.05, 3.63) is 11.6 Å². The van der Waals surface area contributed by atoms with Crippen LogP contribution in [0.25, 0.3) is 0 Å². The van der Waals surface area contributed by atoms with Gasteiger partial charge >= 0.3 is 5.97 Å². The molecule has 1 rings (SSSR count). The molecule has 3 nitrogen and oxygen atoms in total. The van der Waals surface area contributed by atoms with E-state index in [1.54, 1.807) is 0 Å². The number of esters is 1. The predicted molar refractivity (Wildman–Crippen MR) is 71.4 cm³/mol. The lowest BCUT2D eigenvalue weighted by molar-refractivity contribution is -0.140. The Balaban J connectivity index is 3.26. The first-order chi connectivity index (χ1) is 7.87. The first-order valence-electron chi connectivity index (χ1n) is 6.26. The molecule has 0 saturated heterocycles. The van der Waals surface area contributed by atoms with Crippen LogP contribution in [0, 0.1) is 0 Å². The van der Waals surface area contributed by atoms with Crippen LogP contribution < -0.4 is 0 Å². The second-order valence-electron chi connectivity index (χ2n) is 5.38. The fourth-order valence-electron chi connectivity index (χ4n) is 3.03. The molecular formula is C13H24O3Si. The van der Waals surface area contributed by atoms with Gasteiger partial charge in [0.1, 0.15) is 0 Å². The van der Waals surface area contributed by atoms with E-state index < -0.39 is 8.32 Å². The second kappa shape index (κ2) is 5.36. The first kappa shape index (κ1) is 14.4. The molecule has 0 saturated carbocycles. The van der Waals surface area contributed by atoms with Gasteiger partial charge in [-0.1, -0.05) is 39.3 Å². The molecule has 1 atom stereocenters. The molecule has 0 aliphatic carbocycles. The van der Waals surface area contributed by atoms with E-state index in [0.29, 0.717) is 17.7 Å². The molecule has 4 heteroatoms. The molecule has 1 aliphatic heterocycles. The number of methoxy groups -OCH3 is 1. The molecule has 0 aromatic carbocycles. The Morgan fingerprint density at radius 1 is 1.41 bits per heavy atom. The van der Waals surface area contributed by atoms with Gasteiger partial charge in [0.2, 0.25) is 8.32 Å². The Morgan fingerprint density at radius 2 is 1.94 bits per heavy atom. The number of carbonyl (C=O) groups excluding carboxylic acids is 1. The summed E-state index contributed by atoms with van der Waals surface area (Å²) in [5.41, 5.74) is 1.77. The quantitative estimate of drug-likeness (QED) is 0.441. The molecule has 0 amide bonds. The maximum atomic E-state index is 12.1. The van der Waals surface area contributed by atoms with Crippen molar-refractivity contribution in [1.82, 2.24) is 0 Å². The van der Waals surface area contributed by atoms with Crippen molar-refractivity contribution in [3.63, 3.8) is 0 Å². The Labute approximate surface area is 105 Å². The van der Waals surface area contributed by atoms with Gasteiger partial charge in [-0.15, -0.1) is 0 Å². The minimum absolute atomic E-state index is 0.132. The molecule has 0 radical (unpaired) electrons. The van der Waals surface area contributed by atoms with Crippen molar-refractivity contribution in [2.45, 2.75) is 51.2 Å². The van der Waals surface area contributed by atoms with Crippen molar-refractivity contribution in [2.75, 3.05) is 13.7 Å². The molecule has 0 aromatic heterocycles. The van der Waals surface area contributed by atoms with E-state index in [2.05, 4.69) is 27.7 Å². The largest absolute Gasteiger partial charge is 0.469 e. The highest BCUT2D eigenvalue weighted by Crippen LogP contribution is 2.48. The summed E-state index contributed by atoms with van der Waals surface area (Å²) in [5.74, 6) is -0.132. The summed E-state index contributed by atoms with van der Waals surface area (Å²) < 4.78 is 11.1. The highest BCUT2D eigenvalue weighted by molar-refractivity contribution is 6.81. The molecule has 1 unspecified atom stereocenters. The van der Waals surface area contributed by atoms with E-state index in [9.17, 15) is 4.79 Å². The second-order valence-corrected chi connectivity index (χ2v) is 10.3. The van der Waals surface area contributed by atoms with E-state index in [4.69, 9.17) is 9.16 Å². The van der Waals surface area contributed by atoms with Gasteiger partial charge in [-0.2, -0.15) is 0 Å². The number of hydrogen-bond acceptors (Lipinski definition) is 3. The number of rotatable bonds is 3. The lowest BCUT2D eigenvalue weighted by Gasteiger charge is -2.45. The van der Waals surface area contributed by atoms with E-state index in [1.165, 1.54) is 7.11 Å². The van der Waals surface area contributed by atoms with Gasteiger partial charge in [0, 0.05) is 0 Å². The summed E-state index contributed by atoms with van der Waals surface area (Å²) in [6.07, 6.45) is 2.01. The zero-order valence-electron chi connectivity index (χ0n) is 11.7. The van der Waals surface area contributed by atoms with Crippen molar-refractivity contribution in [3.8, 4) is 0 Å². The Bertz CT molecular complexity index is 313. The minimum atomic E-state index is -2.16. The van der Waals surface area contributed by atoms with E-state index in [1.807, 2.05) is 13.0 Å². The van der Waals surface area contributed by atoms with Gasteiger partial charge in [-0.3, -0.25) is 4.79 Å². The highest BCUT2D eigenvalue weighted by atomic mass is 28.4. The molecule has 0 aromatic rings. The van der Waals surface area contributed by atoms with Gasteiger partial charge in [-0.25, -0.2) is 0 Å². The molecule has 1 heterocycles. The van der Waals surface area contributed by atoms with E-state index in [0.717, 1.165) is 5.57 Å². The summed E-state index contributed by atoms with van der Waals surface area (Å²) in [6, 6.07) is 0. The minimum Gasteiger partial charge on any atom is -0.469 e. The lowest BCUT2D eigenvalue weighted by Crippen LogP contribution is -2.54. The van der Waals surface area contributed by atoms with Crippen LogP contribution in [0.5, 0.6) is 0 Å². The SMILES string of the molecule is COC(=O)C1C(C)=CCO[Si]1(C(C)C)C(C)C. The van der Waals surface area contributed by atoms with Crippen LogP contribution in [0.1, 0.15) is 34.6 Å². The fourth-order valence-corrected chi connectivity index (χ4v) is 8.22. The van der Waals surface area contributed by atoms with Crippen LogP contribution in [-0.4, -0.2) is 28.0 Å². The molecular weight excluding hydrogens is 232 g/mol. The average Bonchev–Trinajstić information content (AvgIpc) is 2.26. The zero-order valence-corrected chi connectivity index (χ0v) is 12.7. The van der Waals surface area contributed by atoms with Gasteiger partial charge in [-0.05, 0) is 18.0 Å². The van der Waals surface area contributed by atoms with Crippen LogP contribution >= 0.6 is 0 Å². The average molecular weight is 256 g/mol. The molecule has 98 valence electrons. The van der Waals surface area contributed by atoms with Crippen molar-refractivity contribution in [1.29, 1.82) is 0 Å². The van der Waals surface area contributed by atoms with Crippen LogP contribution in [0.3, 0.4) is 0 Å². The number of hydrogen-bond donors (Lipinski definition) is 0. The monoisotopic (exact) mass is 256 g/mol. The Kier molecular flexibility index (Phi) is 4.55. The fraction of sp³-hybridized carbons (Fsp3) is 0.769. The van der Waals surface area contributed by atoms with Crippen LogP contribution in [0.4, 0.5) is 0 Å². The van der Waals surface area contributed by atoms with E-state index in [-0.39, 0.29) is 11.5 Å². The maximum Gasteiger partial charge on any atom is 0.312 e. The van der Waals surface area contributed by atoms with Crippen LogP contribution in [0.2, 0.25) is 16.6 Å². The summed E-state index contributed by atoms with van der Waals surface area (Å²) in [4.78, 5) is 12.1. The van der Waals surface area contributed by atoms with Crippen molar-refractivity contribution >= 4 is 14.3 Å². The van der Waals surface area contributed by atoms with Crippen molar-refractivity contribution in [2.24, 2.45) is 0 Å². The Morgan fingerprint density at radius 3 is 2.35 bits per heavy atom. The standard InChI is InChI=1S/C13H24O3Si/c1-9(2)17(10(3)4)12(13(14)15-6)11(5)7-8-16-17/h7,9-10,12H,8H2,1-6H3. The van der Waals surface area contributed by atoms with Gasteiger partial charge in [0.25, 0.3) is 0 Å². The van der Waals surface area contributed by atoms with Gasteiger partial charge < -0.3 is 9.16 Å². The third kappa shape index (κ3) is 2.33. The smallest absolute Gasteiger partial charge is 0.312 e. The molecule has 0 spiro atoms. The van der Waals surface area contributed by atoms with E-state index >= 15 is 0 Å². The van der Waals surface area contributed by atoms with Crippen LogP contribution in [-0.2, 0) is 14.0 Å². The number of ether oxygens (including phenoxy) is 1. The van der Waals surface area contributed by atoms with Crippen molar-refractivity contribution < 1.29 is 14.0 Å². The van der Waals surface area contributed by atoms with Gasteiger partial charge in [0.05, 0.1) is 19.3 Å². The third-order valence-corrected chi connectivity index (χ3v) is 9.76. The summed E-state index contributed by atoms with van der Waals surface area (Å²) in [6.45, 7) is 11.3. The topological polar surface area (TPSA) is 35.5 Å². The normalized spacial score (nSPS) is 23.8. The molecule has 0 fully saturated rings. The molecule has 1 aliphatic rings. The molecule has 17 heavy (non-hydrogen) atoms. The highest BCUT2D eigenvalue weighted by Gasteiger charge is 2.54. The maximum absolute atomic E-state index is 12.1. The number of carbonyl (C=O) groups is 1. The summed E-state index contributed by atoms with van der Waals surface area (Å²) in [7, 11) is -0.694. The molecule has 0 N–H and O–H groups in total. The summed E-state index contributed by atoms with van der Waals surface area (Å²) in [5, 5.41) is 0. The Hall–Kier alpha value is -0.613. The lowest BCUT2D eigenvalue weighted by atomic mass is 10.2. The molecule has 0 bridgehead atoms. The first-order valence-corrected chi connectivity index (χ1v) is 8.40. The third-order valence-electron chi connectivity index (χ3n) is 3.89. The van der Waals surface area contributed by atoms with Gasteiger partial charge in [0.15, 0.2) is 0 Å². The van der Waals surface area contributed by atoms with Crippen LogP contribution in [0.15, 0.2) is 11.6 Å². The zero-order chi connectivity index (χ0) is 13.2. The summed E-state index contributed by atoms with van der Waals surface area (Å²) >= 11 is 0.